The summed E-state index contributed by atoms with van der Waals surface area (Å²) in [4.78, 5) is 26.3. The number of piperidine rings is 1. The first kappa shape index (κ1) is 22.4. The van der Waals surface area contributed by atoms with E-state index < -0.39 is 10.0 Å². The van der Waals surface area contributed by atoms with Crippen molar-refractivity contribution >= 4 is 33.2 Å². The van der Waals surface area contributed by atoms with Crippen LogP contribution >= 0.6 is 0 Å². The van der Waals surface area contributed by atoms with E-state index in [2.05, 4.69) is 5.32 Å². The Bertz CT molecular complexity index is 1140. The first-order valence-corrected chi connectivity index (χ1v) is 12.1. The lowest BCUT2D eigenvalue weighted by atomic mass is 9.97. The smallest absolute Gasteiger partial charge is 0.243 e. The molecule has 4 rings (SSSR count). The van der Waals surface area contributed by atoms with Gasteiger partial charge in [0.15, 0.2) is 0 Å². The van der Waals surface area contributed by atoms with Crippen LogP contribution in [0.15, 0.2) is 47.4 Å². The van der Waals surface area contributed by atoms with E-state index in [9.17, 15) is 22.4 Å². The van der Waals surface area contributed by atoms with Crippen LogP contribution in [0.5, 0.6) is 0 Å². The van der Waals surface area contributed by atoms with Crippen molar-refractivity contribution in [2.24, 2.45) is 5.92 Å². The fraction of sp³-hybridized carbons (Fsp3) is 0.391. The van der Waals surface area contributed by atoms with Crippen LogP contribution in [-0.2, 0) is 26.0 Å². The van der Waals surface area contributed by atoms with Gasteiger partial charge in [0, 0.05) is 43.3 Å². The van der Waals surface area contributed by atoms with Gasteiger partial charge in [-0.25, -0.2) is 12.8 Å². The quantitative estimate of drug-likeness (QED) is 0.761. The summed E-state index contributed by atoms with van der Waals surface area (Å²) in [5.41, 5.74) is 2.13. The van der Waals surface area contributed by atoms with Crippen molar-refractivity contribution in [2.75, 3.05) is 23.3 Å². The summed E-state index contributed by atoms with van der Waals surface area (Å²) in [6, 6.07) is 10.5. The van der Waals surface area contributed by atoms with Crippen molar-refractivity contribution in [3.05, 3.63) is 53.8 Å². The summed E-state index contributed by atoms with van der Waals surface area (Å²) in [7, 11) is -3.70. The maximum Gasteiger partial charge on any atom is 0.243 e. The Balaban J connectivity index is 1.42. The number of sulfonamides is 1. The Morgan fingerprint density at radius 3 is 2.34 bits per heavy atom. The van der Waals surface area contributed by atoms with Gasteiger partial charge in [-0.2, -0.15) is 4.31 Å². The predicted octanol–water partition coefficient (Wildman–Crippen LogP) is 3.16. The third kappa shape index (κ3) is 4.27. The SMILES string of the molecule is CC(=O)N1c2ccc(S(=O)(=O)N3CCC(C(=O)Nc4ccc(F)cc4)CC3)cc2C[C@@H]1C. The molecule has 2 heterocycles. The van der Waals surface area contributed by atoms with Crippen LogP contribution in [0.1, 0.15) is 32.3 Å². The number of benzene rings is 2. The molecule has 0 bridgehead atoms. The van der Waals surface area contributed by atoms with Crippen LogP contribution in [0.3, 0.4) is 0 Å². The zero-order valence-electron chi connectivity index (χ0n) is 18.0. The van der Waals surface area contributed by atoms with Crippen LogP contribution in [0.25, 0.3) is 0 Å². The number of carbonyl (C=O) groups is 2. The molecule has 2 aromatic rings. The highest BCUT2D eigenvalue weighted by Gasteiger charge is 2.34. The molecule has 32 heavy (non-hydrogen) atoms. The minimum atomic E-state index is -3.70. The van der Waals surface area contributed by atoms with Crippen LogP contribution in [0.4, 0.5) is 15.8 Å². The van der Waals surface area contributed by atoms with E-state index in [1.54, 1.807) is 23.1 Å². The number of halogens is 1. The summed E-state index contributed by atoms with van der Waals surface area (Å²) in [6.45, 7) is 3.94. The van der Waals surface area contributed by atoms with Crippen LogP contribution < -0.4 is 10.2 Å². The summed E-state index contributed by atoms with van der Waals surface area (Å²) in [6.07, 6.45) is 1.43. The highest BCUT2D eigenvalue weighted by Crippen LogP contribution is 2.35. The first-order chi connectivity index (χ1) is 15.2. The van der Waals surface area contributed by atoms with Crippen molar-refractivity contribution in [3.63, 3.8) is 0 Å². The van der Waals surface area contributed by atoms with Gasteiger partial charge in [-0.3, -0.25) is 9.59 Å². The van der Waals surface area contributed by atoms with E-state index in [4.69, 9.17) is 0 Å². The molecule has 1 N–H and O–H groups in total. The van der Waals surface area contributed by atoms with E-state index in [-0.39, 0.29) is 47.6 Å². The Kier molecular flexibility index (Phi) is 6.05. The molecule has 0 aromatic heterocycles. The minimum Gasteiger partial charge on any atom is -0.326 e. The Labute approximate surface area is 187 Å². The van der Waals surface area contributed by atoms with Crippen LogP contribution in [-0.4, -0.2) is 43.7 Å². The number of anilines is 2. The van der Waals surface area contributed by atoms with Gasteiger partial charge in [-0.05, 0) is 74.2 Å². The highest BCUT2D eigenvalue weighted by molar-refractivity contribution is 7.89. The van der Waals surface area contributed by atoms with Crippen LogP contribution in [0, 0.1) is 11.7 Å². The van der Waals surface area contributed by atoms with Gasteiger partial charge in [0.05, 0.1) is 4.90 Å². The van der Waals surface area contributed by atoms with Crippen molar-refractivity contribution in [1.29, 1.82) is 0 Å². The maximum atomic E-state index is 13.2. The second-order valence-electron chi connectivity index (χ2n) is 8.41. The fourth-order valence-electron chi connectivity index (χ4n) is 4.53. The molecule has 0 radical (unpaired) electrons. The molecule has 0 unspecified atom stereocenters. The number of hydrogen-bond donors (Lipinski definition) is 1. The van der Waals surface area contributed by atoms with Gasteiger partial charge in [-0.15, -0.1) is 0 Å². The molecule has 1 fully saturated rings. The fourth-order valence-corrected chi connectivity index (χ4v) is 6.05. The lowest BCUT2D eigenvalue weighted by Gasteiger charge is -2.30. The molecule has 170 valence electrons. The van der Waals surface area contributed by atoms with Crippen LogP contribution in [0.2, 0.25) is 0 Å². The molecule has 1 atom stereocenters. The Morgan fingerprint density at radius 2 is 1.72 bits per heavy atom. The number of rotatable bonds is 4. The predicted molar refractivity (Wildman–Crippen MR) is 119 cm³/mol. The van der Waals surface area contributed by atoms with Gasteiger partial charge >= 0.3 is 0 Å². The van der Waals surface area contributed by atoms with Crippen molar-refractivity contribution in [1.82, 2.24) is 4.31 Å². The number of hydrogen-bond acceptors (Lipinski definition) is 4. The summed E-state index contributed by atoms with van der Waals surface area (Å²) >= 11 is 0. The number of amides is 2. The minimum absolute atomic E-state index is 0.00387. The zero-order valence-corrected chi connectivity index (χ0v) is 18.9. The monoisotopic (exact) mass is 459 g/mol. The molecule has 0 spiro atoms. The average molecular weight is 460 g/mol. The van der Waals surface area contributed by atoms with Crippen molar-refractivity contribution in [2.45, 2.75) is 44.0 Å². The van der Waals surface area contributed by atoms with E-state index in [1.165, 1.54) is 35.5 Å². The molecule has 2 aliphatic rings. The molecule has 2 aromatic carbocycles. The zero-order chi connectivity index (χ0) is 23.0. The van der Waals surface area contributed by atoms with Crippen molar-refractivity contribution in [3.8, 4) is 0 Å². The summed E-state index contributed by atoms with van der Waals surface area (Å²) in [5.74, 6) is -0.939. The lowest BCUT2D eigenvalue weighted by molar-refractivity contribution is -0.121. The third-order valence-corrected chi connectivity index (χ3v) is 8.07. The Hall–Kier alpha value is -2.78. The third-order valence-electron chi connectivity index (χ3n) is 6.18. The van der Waals surface area contributed by atoms with E-state index in [1.807, 2.05) is 6.92 Å². The number of carbonyl (C=O) groups excluding carboxylic acids is 2. The van der Waals surface area contributed by atoms with Gasteiger partial charge in [0.1, 0.15) is 5.82 Å². The molecule has 1 saturated heterocycles. The average Bonchev–Trinajstić information content (AvgIpc) is 3.10. The molecular formula is C23H26FN3O4S. The van der Waals surface area contributed by atoms with Gasteiger partial charge < -0.3 is 10.2 Å². The topological polar surface area (TPSA) is 86.8 Å². The van der Waals surface area contributed by atoms with E-state index in [0.29, 0.717) is 24.9 Å². The van der Waals surface area contributed by atoms with E-state index >= 15 is 0 Å². The summed E-state index contributed by atoms with van der Waals surface area (Å²) in [5, 5.41) is 2.76. The normalized spacial score (nSPS) is 19.6. The maximum absolute atomic E-state index is 13.2. The molecule has 2 amide bonds. The van der Waals surface area contributed by atoms with Gasteiger partial charge in [-0.1, -0.05) is 0 Å². The standard InChI is InChI=1S/C23H26FN3O4S/c1-15-13-18-14-21(7-8-22(18)27(15)16(2)28)32(30,31)26-11-9-17(10-12-26)23(29)25-20-5-3-19(24)4-6-20/h3-8,14-15,17H,9-13H2,1-2H3,(H,25,29)/t15-/m0/s1. The molecule has 7 nitrogen and oxygen atoms in total. The Morgan fingerprint density at radius 1 is 1.06 bits per heavy atom. The van der Waals surface area contributed by atoms with Gasteiger partial charge in [0.25, 0.3) is 0 Å². The second-order valence-corrected chi connectivity index (χ2v) is 10.3. The number of nitrogens with one attached hydrogen (secondary N) is 1. The first-order valence-electron chi connectivity index (χ1n) is 10.7. The molecule has 9 heteroatoms. The molecular weight excluding hydrogens is 433 g/mol. The second kappa shape index (κ2) is 8.63. The van der Waals surface area contributed by atoms with E-state index in [0.717, 1.165) is 11.3 Å². The lowest BCUT2D eigenvalue weighted by Crippen LogP contribution is -2.41. The molecule has 2 aliphatic heterocycles. The van der Waals surface area contributed by atoms with Gasteiger partial charge in [0.2, 0.25) is 21.8 Å². The number of fused-ring (bicyclic) bond motifs is 1. The largest absolute Gasteiger partial charge is 0.326 e. The molecule has 0 saturated carbocycles. The molecule has 0 aliphatic carbocycles. The summed E-state index contributed by atoms with van der Waals surface area (Å²) < 4.78 is 40.8. The van der Waals surface area contributed by atoms with Crippen molar-refractivity contribution < 1.29 is 22.4 Å². The highest BCUT2D eigenvalue weighted by atomic mass is 32.2. The number of nitrogens with zero attached hydrogens (tertiary/aromatic N) is 2.